The smallest absolute Gasteiger partial charge is 0.156 e. The second kappa shape index (κ2) is 6.22. The zero-order valence-corrected chi connectivity index (χ0v) is 12.3. The summed E-state index contributed by atoms with van der Waals surface area (Å²) in [5.74, 6) is 2.05. The van der Waals surface area contributed by atoms with Crippen molar-refractivity contribution in [1.29, 1.82) is 0 Å². The summed E-state index contributed by atoms with van der Waals surface area (Å²) in [5, 5.41) is 14.8. The fourth-order valence-electron chi connectivity index (χ4n) is 3.36. The van der Waals surface area contributed by atoms with E-state index in [1.807, 2.05) is 4.68 Å². The Morgan fingerprint density at radius 2 is 1.85 bits per heavy atom. The van der Waals surface area contributed by atoms with Gasteiger partial charge in [0.1, 0.15) is 6.10 Å². The van der Waals surface area contributed by atoms with E-state index in [9.17, 15) is 5.11 Å². The number of aliphatic hydroxyl groups is 1. The van der Waals surface area contributed by atoms with Crippen LogP contribution in [0.5, 0.6) is 0 Å². The van der Waals surface area contributed by atoms with Crippen molar-refractivity contribution < 1.29 is 9.84 Å². The van der Waals surface area contributed by atoms with E-state index in [0.29, 0.717) is 12.0 Å². The van der Waals surface area contributed by atoms with Crippen LogP contribution in [0, 0.1) is 0 Å². The molecule has 1 unspecified atom stereocenters. The molecule has 1 aliphatic carbocycles. The number of hydrogen-bond donors (Lipinski definition) is 1. The molecule has 1 saturated heterocycles. The van der Waals surface area contributed by atoms with Crippen LogP contribution in [0.15, 0.2) is 0 Å². The Bertz CT molecular complexity index is 432. The third kappa shape index (κ3) is 2.88. The normalized spacial score (nSPS) is 23.9. The standard InChI is InChI=1S/C15H25N3O2/c1-11(19)15-16-14(12-7-9-20-10-8-12)17-18(15)13-5-3-2-4-6-13/h11-13,19H,2-10H2,1H3. The SMILES string of the molecule is CC(O)c1nc(C2CCOCC2)nn1C1CCCCC1. The van der Waals surface area contributed by atoms with Gasteiger partial charge in [0.25, 0.3) is 0 Å². The van der Waals surface area contributed by atoms with Gasteiger partial charge in [-0.1, -0.05) is 19.3 Å². The topological polar surface area (TPSA) is 60.2 Å². The molecule has 3 rings (SSSR count). The Morgan fingerprint density at radius 3 is 2.50 bits per heavy atom. The van der Waals surface area contributed by atoms with Gasteiger partial charge >= 0.3 is 0 Å². The van der Waals surface area contributed by atoms with Crippen LogP contribution in [0.25, 0.3) is 0 Å². The van der Waals surface area contributed by atoms with Gasteiger partial charge in [-0.15, -0.1) is 0 Å². The quantitative estimate of drug-likeness (QED) is 0.924. The van der Waals surface area contributed by atoms with Gasteiger partial charge in [0.2, 0.25) is 0 Å². The lowest BCUT2D eigenvalue weighted by atomic mass is 9.95. The minimum absolute atomic E-state index is 0.395. The Labute approximate surface area is 120 Å². The van der Waals surface area contributed by atoms with Crippen LogP contribution in [0.2, 0.25) is 0 Å². The van der Waals surface area contributed by atoms with E-state index in [1.165, 1.54) is 19.3 Å². The number of aromatic nitrogens is 3. The Morgan fingerprint density at radius 1 is 1.15 bits per heavy atom. The van der Waals surface area contributed by atoms with E-state index in [0.717, 1.165) is 50.5 Å². The molecule has 0 spiro atoms. The maximum Gasteiger partial charge on any atom is 0.156 e. The Hall–Kier alpha value is -0.940. The molecule has 0 radical (unpaired) electrons. The molecule has 0 aromatic carbocycles. The molecular weight excluding hydrogens is 254 g/mol. The molecule has 0 bridgehead atoms. The summed E-state index contributed by atoms with van der Waals surface area (Å²) in [4.78, 5) is 4.65. The van der Waals surface area contributed by atoms with Gasteiger partial charge in [0.05, 0.1) is 6.04 Å². The minimum atomic E-state index is -0.544. The molecule has 1 saturated carbocycles. The number of rotatable bonds is 3. The number of aliphatic hydroxyl groups excluding tert-OH is 1. The van der Waals surface area contributed by atoms with Crippen molar-refractivity contribution in [2.45, 2.75) is 69.9 Å². The van der Waals surface area contributed by atoms with Crippen LogP contribution in [0.1, 0.15) is 81.6 Å². The van der Waals surface area contributed by atoms with Gasteiger partial charge < -0.3 is 9.84 Å². The third-order valence-corrected chi connectivity index (χ3v) is 4.55. The monoisotopic (exact) mass is 279 g/mol. The predicted octanol–water partition coefficient (Wildman–Crippen LogP) is 2.73. The van der Waals surface area contributed by atoms with E-state index < -0.39 is 6.10 Å². The molecule has 5 nitrogen and oxygen atoms in total. The van der Waals surface area contributed by atoms with Crippen molar-refractivity contribution in [2.75, 3.05) is 13.2 Å². The van der Waals surface area contributed by atoms with Crippen molar-refractivity contribution in [1.82, 2.24) is 14.8 Å². The van der Waals surface area contributed by atoms with Crippen LogP contribution >= 0.6 is 0 Å². The highest BCUT2D eigenvalue weighted by atomic mass is 16.5. The van der Waals surface area contributed by atoms with Crippen LogP contribution in [-0.2, 0) is 4.74 Å². The zero-order valence-electron chi connectivity index (χ0n) is 12.3. The van der Waals surface area contributed by atoms with E-state index in [2.05, 4.69) is 4.98 Å². The summed E-state index contributed by atoms with van der Waals surface area (Å²) >= 11 is 0. The highest BCUT2D eigenvalue weighted by molar-refractivity contribution is 5.03. The number of ether oxygens (including phenoxy) is 1. The highest BCUT2D eigenvalue weighted by Gasteiger charge is 2.27. The molecule has 1 atom stereocenters. The van der Waals surface area contributed by atoms with Crippen molar-refractivity contribution >= 4 is 0 Å². The van der Waals surface area contributed by atoms with Gasteiger partial charge in [0, 0.05) is 19.1 Å². The summed E-state index contributed by atoms with van der Waals surface area (Å²) in [6.07, 6.45) is 7.61. The summed E-state index contributed by atoms with van der Waals surface area (Å²) in [5.41, 5.74) is 0. The maximum absolute atomic E-state index is 10.00. The van der Waals surface area contributed by atoms with E-state index in [4.69, 9.17) is 9.84 Å². The molecule has 1 N–H and O–H groups in total. The molecule has 1 aromatic rings. The van der Waals surface area contributed by atoms with Crippen molar-refractivity contribution in [2.24, 2.45) is 0 Å². The van der Waals surface area contributed by atoms with E-state index in [1.54, 1.807) is 6.92 Å². The molecule has 2 heterocycles. The predicted molar refractivity (Wildman–Crippen MR) is 75.6 cm³/mol. The van der Waals surface area contributed by atoms with Gasteiger partial charge in [-0.2, -0.15) is 5.10 Å². The summed E-state index contributed by atoms with van der Waals surface area (Å²) < 4.78 is 7.43. The fourth-order valence-corrected chi connectivity index (χ4v) is 3.36. The van der Waals surface area contributed by atoms with Gasteiger partial charge in [-0.05, 0) is 32.6 Å². The molecule has 5 heteroatoms. The molecule has 2 aliphatic rings. The molecule has 2 fully saturated rings. The van der Waals surface area contributed by atoms with Gasteiger partial charge in [-0.25, -0.2) is 9.67 Å². The Kier molecular flexibility index (Phi) is 4.36. The second-order valence-corrected chi connectivity index (χ2v) is 6.13. The van der Waals surface area contributed by atoms with E-state index >= 15 is 0 Å². The zero-order chi connectivity index (χ0) is 13.9. The number of nitrogens with zero attached hydrogens (tertiary/aromatic N) is 3. The van der Waals surface area contributed by atoms with Gasteiger partial charge in [-0.3, -0.25) is 0 Å². The fraction of sp³-hybridized carbons (Fsp3) is 0.867. The number of hydrogen-bond acceptors (Lipinski definition) is 4. The molecule has 0 amide bonds. The third-order valence-electron chi connectivity index (χ3n) is 4.55. The molecule has 1 aromatic heterocycles. The van der Waals surface area contributed by atoms with Gasteiger partial charge in [0.15, 0.2) is 11.6 Å². The lowest BCUT2D eigenvalue weighted by molar-refractivity contribution is 0.0834. The van der Waals surface area contributed by atoms with E-state index in [-0.39, 0.29) is 0 Å². The highest BCUT2D eigenvalue weighted by Crippen LogP contribution is 2.32. The van der Waals surface area contributed by atoms with Crippen LogP contribution in [-0.4, -0.2) is 33.1 Å². The first-order chi connectivity index (χ1) is 9.75. The van der Waals surface area contributed by atoms with Crippen molar-refractivity contribution in [3.8, 4) is 0 Å². The van der Waals surface area contributed by atoms with Crippen LogP contribution < -0.4 is 0 Å². The first-order valence-electron chi connectivity index (χ1n) is 7.98. The first kappa shape index (κ1) is 14.0. The largest absolute Gasteiger partial charge is 0.385 e. The maximum atomic E-state index is 10.00. The summed E-state index contributed by atoms with van der Waals surface area (Å²) in [7, 11) is 0. The van der Waals surface area contributed by atoms with Crippen molar-refractivity contribution in [3.63, 3.8) is 0 Å². The first-order valence-corrected chi connectivity index (χ1v) is 7.98. The molecular formula is C15H25N3O2. The lowest BCUT2D eigenvalue weighted by Gasteiger charge is -2.24. The average molecular weight is 279 g/mol. The Balaban J connectivity index is 1.85. The lowest BCUT2D eigenvalue weighted by Crippen LogP contribution is -2.18. The second-order valence-electron chi connectivity index (χ2n) is 6.13. The summed E-state index contributed by atoms with van der Waals surface area (Å²) in [6, 6.07) is 0.425. The van der Waals surface area contributed by atoms with Crippen molar-refractivity contribution in [3.05, 3.63) is 11.6 Å². The van der Waals surface area contributed by atoms with Crippen LogP contribution in [0.3, 0.4) is 0 Å². The van der Waals surface area contributed by atoms with Crippen LogP contribution in [0.4, 0.5) is 0 Å². The molecule has 20 heavy (non-hydrogen) atoms. The molecule has 1 aliphatic heterocycles. The summed E-state index contributed by atoms with van der Waals surface area (Å²) in [6.45, 7) is 3.39. The average Bonchev–Trinajstić information content (AvgIpc) is 2.94. The minimum Gasteiger partial charge on any atom is -0.385 e. The molecule has 112 valence electrons.